The average molecular weight is 351 g/mol. The van der Waals surface area contributed by atoms with Crippen molar-refractivity contribution in [3.8, 4) is 0 Å². The number of carbonyl (C=O) groups excluding carboxylic acids is 1. The number of aromatic amines is 1. The Kier molecular flexibility index (Phi) is 4.22. The molecular weight excluding hydrogens is 330 g/mol. The summed E-state index contributed by atoms with van der Waals surface area (Å²) in [5, 5.41) is 12.9. The number of amides is 1. The van der Waals surface area contributed by atoms with Gasteiger partial charge in [-0.1, -0.05) is 13.8 Å². The number of hydrogen-bond acceptors (Lipinski definition) is 5. The maximum atomic E-state index is 12.1. The highest BCUT2D eigenvalue weighted by Crippen LogP contribution is 2.30. The van der Waals surface area contributed by atoms with E-state index in [0.717, 1.165) is 11.1 Å². The molecule has 1 aliphatic rings. The van der Waals surface area contributed by atoms with Gasteiger partial charge in [-0.25, -0.2) is 13.6 Å². The number of piperazine rings is 1. The Bertz CT molecular complexity index is 866. The molecule has 0 aliphatic carbocycles. The van der Waals surface area contributed by atoms with Crippen molar-refractivity contribution < 1.29 is 13.2 Å². The summed E-state index contributed by atoms with van der Waals surface area (Å²) in [4.78, 5) is 16.1. The minimum Gasteiger partial charge on any atom is -0.367 e. The molecular formula is C15H21N5O3S. The summed E-state index contributed by atoms with van der Waals surface area (Å²) in [5.74, 6) is 0.115. The average Bonchev–Trinajstić information content (AvgIpc) is 3.01. The maximum absolute atomic E-state index is 12.1. The number of hydrogen-bond donors (Lipinski definition) is 2. The van der Waals surface area contributed by atoms with Crippen molar-refractivity contribution in [1.82, 2.24) is 15.1 Å². The largest absolute Gasteiger partial charge is 0.367 e. The molecule has 0 radical (unpaired) electrons. The van der Waals surface area contributed by atoms with Crippen LogP contribution >= 0.6 is 0 Å². The highest BCUT2D eigenvalue weighted by Gasteiger charge is 2.25. The fourth-order valence-electron chi connectivity index (χ4n) is 2.97. The van der Waals surface area contributed by atoms with E-state index in [-0.39, 0.29) is 16.7 Å². The fraction of sp³-hybridized carbons (Fsp3) is 0.467. The zero-order valence-electron chi connectivity index (χ0n) is 13.7. The number of fused-ring (bicyclic) bond motifs is 1. The maximum Gasteiger partial charge on any atom is 0.238 e. The van der Waals surface area contributed by atoms with Gasteiger partial charge in [-0.3, -0.25) is 9.89 Å². The first-order chi connectivity index (χ1) is 11.3. The summed E-state index contributed by atoms with van der Waals surface area (Å²) in [6.07, 6.45) is 1.67. The number of benzene rings is 1. The highest BCUT2D eigenvalue weighted by molar-refractivity contribution is 7.89. The van der Waals surface area contributed by atoms with Crippen LogP contribution in [0.1, 0.15) is 13.8 Å². The van der Waals surface area contributed by atoms with Crippen LogP contribution in [0.3, 0.4) is 0 Å². The predicted octanol–water partition coefficient (Wildman–Crippen LogP) is 0.515. The van der Waals surface area contributed by atoms with E-state index in [1.165, 1.54) is 6.07 Å². The number of primary sulfonamides is 1. The normalized spacial score (nSPS) is 16.2. The Labute approximate surface area is 140 Å². The molecule has 2 heterocycles. The lowest BCUT2D eigenvalue weighted by Gasteiger charge is -2.37. The third-order valence-corrected chi connectivity index (χ3v) is 5.16. The number of nitrogens with one attached hydrogen (secondary N) is 1. The minimum absolute atomic E-state index is 0.0251. The molecule has 1 aromatic heterocycles. The summed E-state index contributed by atoms with van der Waals surface area (Å²) >= 11 is 0. The number of sulfonamides is 1. The van der Waals surface area contributed by atoms with Crippen LogP contribution in [0.5, 0.6) is 0 Å². The van der Waals surface area contributed by atoms with Crippen LogP contribution in [0.2, 0.25) is 0 Å². The van der Waals surface area contributed by atoms with E-state index in [0.29, 0.717) is 31.7 Å². The molecule has 2 aromatic rings. The molecule has 1 fully saturated rings. The van der Waals surface area contributed by atoms with E-state index in [4.69, 9.17) is 5.14 Å². The number of carbonyl (C=O) groups is 1. The molecule has 9 heteroatoms. The lowest BCUT2D eigenvalue weighted by molar-refractivity contribution is -0.134. The summed E-state index contributed by atoms with van der Waals surface area (Å²) in [6, 6.07) is 3.06. The topological polar surface area (TPSA) is 112 Å². The second-order valence-corrected chi connectivity index (χ2v) is 7.85. The highest BCUT2D eigenvalue weighted by atomic mass is 32.2. The Morgan fingerprint density at radius 2 is 1.92 bits per heavy atom. The van der Waals surface area contributed by atoms with E-state index in [1.807, 2.05) is 18.7 Å². The summed E-state index contributed by atoms with van der Waals surface area (Å²) in [7, 11) is -3.81. The zero-order valence-corrected chi connectivity index (χ0v) is 14.5. The second kappa shape index (κ2) is 6.06. The molecule has 1 aliphatic heterocycles. The molecule has 0 bridgehead atoms. The molecule has 8 nitrogen and oxygen atoms in total. The summed E-state index contributed by atoms with van der Waals surface area (Å²) < 4.78 is 23.4. The van der Waals surface area contributed by atoms with Crippen molar-refractivity contribution in [3.05, 3.63) is 18.3 Å². The molecule has 0 atom stereocenters. The van der Waals surface area contributed by atoms with Crippen LogP contribution in [0.15, 0.2) is 23.2 Å². The molecule has 1 aromatic carbocycles. The lowest BCUT2D eigenvalue weighted by atomic mass is 10.1. The minimum atomic E-state index is -3.81. The van der Waals surface area contributed by atoms with Crippen molar-refractivity contribution in [1.29, 1.82) is 0 Å². The molecule has 0 saturated carbocycles. The number of H-pyrrole nitrogens is 1. The third kappa shape index (κ3) is 3.09. The van der Waals surface area contributed by atoms with Crippen molar-refractivity contribution >= 4 is 32.5 Å². The number of nitrogens with two attached hydrogens (primary N) is 1. The lowest BCUT2D eigenvalue weighted by Crippen LogP contribution is -2.50. The Hall–Kier alpha value is -2.13. The summed E-state index contributed by atoms with van der Waals surface area (Å²) in [6.45, 7) is 6.25. The zero-order chi connectivity index (χ0) is 17.5. The predicted molar refractivity (Wildman–Crippen MR) is 91.1 cm³/mol. The fourth-order valence-corrected chi connectivity index (χ4v) is 3.52. The van der Waals surface area contributed by atoms with Gasteiger partial charge in [0.2, 0.25) is 15.9 Å². The molecule has 0 unspecified atom stereocenters. The van der Waals surface area contributed by atoms with E-state index < -0.39 is 10.0 Å². The van der Waals surface area contributed by atoms with Crippen LogP contribution < -0.4 is 10.0 Å². The van der Waals surface area contributed by atoms with E-state index in [9.17, 15) is 13.2 Å². The van der Waals surface area contributed by atoms with Crippen LogP contribution in [-0.2, 0) is 14.8 Å². The van der Waals surface area contributed by atoms with Gasteiger partial charge in [0.15, 0.2) is 0 Å². The molecule has 3 rings (SSSR count). The van der Waals surface area contributed by atoms with Gasteiger partial charge in [0, 0.05) is 43.2 Å². The van der Waals surface area contributed by atoms with Gasteiger partial charge in [-0.05, 0) is 12.1 Å². The molecule has 1 amide bonds. The Morgan fingerprint density at radius 1 is 1.25 bits per heavy atom. The monoisotopic (exact) mass is 351 g/mol. The third-order valence-electron chi connectivity index (χ3n) is 4.26. The van der Waals surface area contributed by atoms with Crippen molar-refractivity contribution in [3.63, 3.8) is 0 Å². The van der Waals surface area contributed by atoms with Gasteiger partial charge < -0.3 is 9.80 Å². The standard InChI is InChI=1S/C15H21N5O3S/c1-10(2)15(21)20-5-3-19(4-6-20)14-8-11(24(16,22)23)7-13-12(14)9-17-18-13/h7-10H,3-6H2,1-2H3,(H,17,18)(H2,16,22,23). The van der Waals surface area contributed by atoms with Gasteiger partial charge in [-0.2, -0.15) is 5.10 Å². The molecule has 1 saturated heterocycles. The first-order valence-electron chi connectivity index (χ1n) is 7.81. The SMILES string of the molecule is CC(C)C(=O)N1CCN(c2cc(S(N)(=O)=O)cc3[nH]ncc23)CC1. The van der Waals surface area contributed by atoms with E-state index >= 15 is 0 Å². The van der Waals surface area contributed by atoms with Crippen LogP contribution in [0, 0.1) is 5.92 Å². The van der Waals surface area contributed by atoms with Gasteiger partial charge in [0.1, 0.15) is 0 Å². The van der Waals surface area contributed by atoms with E-state index in [2.05, 4.69) is 15.1 Å². The van der Waals surface area contributed by atoms with Crippen molar-refractivity contribution in [2.75, 3.05) is 31.1 Å². The quantitative estimate of drug-likeness (QED) is 0.837. The van der Waals surface area contributed by atoms with Crippen LogP contribution in [0.4, 0.5) is 5.69 Å². The molecule has 3 N–H and O–H groups in total. The second-order valence-electron chi connectivity index (χ2n) is 6.29. The Morgan fingerprint density at radius 3 is 2.50 bits per heavy atom. The van der Waals surface area contributed by atoms with Crippen LogP contribution in [0.25, 0.3) is 10.9 Å². The van der Waals surface area contributed by atoms with Crippen LogP contribution in [-0.4, -0.2) is 55.6 Å². The number of nitrogens with zero attached hydrogens (tertiary/aromatic N) is 3. The van der Waals surface area contributed by atoms with Gasteiger partial charge >= 0.3 is 0 Å². The molecule has 24 heavy (non-hydrogen) atoms. The van der Waals surface area contributed by atoms with Gasteiger partial charge in [-0.15, -0.1) is 0 Å². The van der Waals surface area contributed by atoms with E-state index in [1.54, 1.807) is 12.3 Å². The smallest absolute Gasteiger partial charge is 0.238 e. The first kappa shape index (κ1) is 16.7. The van der Waals surface area contributed by atoms with Crippen molar-refractivity contribution in [2.24, 2.45) is 11.1 Å². The number of anilines is 1. The molecule has 130 valence electrons. The van der Waals surface area contributed by atoms with Gasteiger partial charge in [0.25, 0.3) is 0 Å². The van der Waals surface area contributed by atoms with Crippen molar-refractivity contribution in [2.45, 2.75) is 18.7 Å². The summed E-state index contributed by atoms with van der Waals surface area (Å²) in [5.41, 5.74) is 1.39. The first-order valence-corrected chi connectivity index (χ1v) is 9.35. The number of aromatic nitrogens is 2. The molecule has 0 spiro atoms. The number of rotatable bonds is 3. The Balaban J connectivity index is 1.90. The van der Waals surface area contributed by atoms with Gasteiger partial charge in [0.05, 0.1) is 16.6 Å².